The van der Waals surface area contributed by atoms with Crippen molar-refractivity contribution in [2.24, 2.45) is 5.92 Å². The second kappa shape index (κ2) is 8.11. The highest BCUT2D eigenvalue weighted by molar-refractivity contribution is 5.97. The molecule has 2 N–H and O–H groups in total. The number of nitrogens with one attached hydrogen (secondary N) is 1. The van der Waals surface area contributed by atoms with E-state index in [0.29, 0.717) is 12.1 Å². The van der Waals surface area contributed by atoms with Crippen LogP contribution >= 0.6 is 0 Å². The lowest BCUT2D eigenvalue weighted by molar-refractivity contribution is -0.160. The molecule has 1 aliphatic heterocycles. The SMILES string of the molecule is Cc1ccc(C(=O)NC(C(=O)N2CCOC(C(=O)O)C2)C(C)C)cc1. The van der Waals surface area contributed by atoms with Crippen molar-refractivity contribution in [1.29, 1.82) is 0 Å². The van der Waals surface area contributed by atoms with E-state index in [-0.39, 0.29) is 30.9 Å². The molecule has 2 rings (SSSR count). The molecule has 25 heavy (non-hydrogen) atoms. The Labute approximate surface area is 147 Å². The molecule has 1 aliphatic rings. The van der Waals surface area contributed by atoms with Crippen LogP contribution in [0.2, 0.25) is 0 Å². The third-order valence-corrected chi connectivity index (χ3v) is 4.19. The molecule has 7 heteroatoms. The van der Waals surface area contributed by atoms with Crippen LogP contribution < -0.4 is 5.32 Å². The number of carboxylic acids is 1. The lowest BCUT2D eigenvalue weighted by Gasteiger charge is -2.34. The highest BCUT2D eigenvalue weighted by atomic mass is 16.5. The van der Waals surface area contributed by atoms with E-state index in [2.05, 4.69) is 5.32 Å². The minimum Gasteiger partial charge on any atom is -0.479 e. The number of benzene rings is 1. The van der Waals surface area contributed by atoms with Crippen molar-refractivity contribution < 1.29 is 24.2 Å². The molecule has 7 nitrogen and oxygen atoms in total. The van der Waals surface area contributed by atoms with E-state index in [1.807, 2.05) is 32.9 Å². The third-order valence-electron chi connectivity index (χ3n) is 4.19. The number of carboxylic acid groups (broad SMARTS) is 1. The van der Waals surface area contributed by atoms with Gasteiger partial charge in [0.2, 0.25) is 5.91 Å². The van der Waals surface area contributed by atoms with Crippen LogP contribution in [0.25, 0.3) is 0 Å². The van der Waals surface area contributed by atoms with Gasteiger partial charge in [-0.05, 0) is 25.0 Å². The van der Waals surface area contributed by atoms with Gasteiger partial charge in [0.05, 0.1) is 13.2 Å². The zero-order chi connectivity index (χ0) is 18.6. The summed E-state index contributed by atoms with van der Waals surface area (Å²) in [5.41, 5.74) is 1.52. The van der Waals surface area contributed by atoms with Gasteiger partial charge in [-0.25, -0.2) is 4.79 Å². The number of carbonyl (C=O) groups is 3. The predicted molar refractivity (Wildman–Crippen MR) is 91.2 cm³/mol. The summed E-state index contributed by atoms with van der Waals surface area (Å²) in [6.07, 6.45) is -1.03. The Bertz CT molecular complexity index is 641. The number of hydrogen-bond donors (Lipinski definition) is 2. The van der Waals surface area contributed by atoms with E-state index in [0.717, 1.165) is 5.56 Å². The summed E-state index contributed by atoms with van der Waals surface area (Å²) >= 11 is 0. The van der Waals surface area contributed by atoms with Crippen LogP contribution in [-0.2, 0) is 14.3 Å². The minimum atomic E-state index is -1.10. The topological polar surface area (TPSA) is 95.9 Å². The molecule has 2 atom stereocenters. The first-order valence-electron chi connectivity index (χ1n) is 8.30. The van der Waals surface area contributed by atoms with Crippen LogP contribution in [-0.4, -0.2) is 59.6 Å². The first-order valence-corrected chi connectivity index (χ1v) is 8.30. The molecule has 1 heterocycles. The van der Waals surface area contributed by atoms with Crippen LogP contribution in [0.15, 0.2) is 24.3 Å². The highest BCUT2D eigenvalue weighted by Crippen LogP contribution is 2.13. The average molecular weight is 348 g/mol. The van der Waals surface area contributed by atoms with E-state index < -0.39 is 18.1 Å². The van der Waals surface area contributed by atoms with Crippen molar-refractivity contribution in [2.75, 3.05) is 19.7 Å². The molecule has 1 saturated heterocycles. The molecule has 0 spiro atoms. The lowest BCUT2D eigenvalue weighted by Crippen LogP contribution is -2.56. The largest absolute Gasteiger partial charge is 0.479 e. The Morgan fingerprint density at radius 2 is 1.88 bits per heavy atom. The van der Waals surface area contributed by atoms with Crippen LogP contribution in [0.5, 0.6) is 0 Å². The van der Waals surface area contributed by atoms with Gasteiger partial charge in [0.1, 0.15) is 6.04 Å². The Morgan fingerprint density at radius 1 is 1.24 bits per heavy atom. The number of nitrogens with zero attached hydrogens (tertiary/aromatic N) is 1. The van der Waals surface area contributed by atoms with Gasteiger partial charge in [0.25, 0.3) is 5.91 Å². The lowest BCUT2D eigenvalue weighted by atomic mass is 10.0. The van der Waals surface area contributed by atoms with Crippen molar-refractivity contribution in [3.05, 3.63) is 35.4 Å². The summed E-state index contributed by atoms with van der Waals surface area (Å²) in [5, 5.41) is 11.8. The number of rotatable bonds is 5. The zero-order valence-electron chi connectivity index (χ0n) is 14.7. The van der Waals surface area contributed by atoms with Gasteiger partial charge < -0.3 is 20.1 Å². The van der Waals surface area contributed by atoms with Crippen LogP contribution in [0.4, 0.5) is 0 Å². The Morgan fingerprint density at radius 3 is 2.44 bits per heavy atom. The van der Waals surface area contributed by atoms with Crippen molar-refractivity contribution in [1.82, 2.24) is 10.2 Å². The zero-order valence-corrected chi connectivity index (χ0v) is 14.7. The van der Waals surface area contributed by atoms with Gasteiger partial charge in [-0.3, -0.25) is 9.59 Å². The van der Waals surface area contributed by atoms with E-state index >= 15 is 0 Å². The molecule has 1 aromatic carbocycles. The third kappa shape index (κ3) is 4.79. The van der Waals surface area contributed by atoms with Crippen LogP contribution in [0, 0.1) is 12.8 Å². The van der Waals surface area contributed by atoms with Crippen molar-refractivity contribution >= 4 is 17.8 Å². The molecule has 0 bridgehead atoms. The molecule has 1 aromatic rings. The van der Waals surface area contributed by atoms with Crippen molar-refractivity contribution in [2.45, 2.75) is 32.9 Å². The Hall–Kier alpha value is -2.41. The van der Waals surface area contributed by atoms with E-state index in [9.17, 15) is 14.4 Å². The van der Waals surface area contributed by atoms with Gasteiger partial charge in [-0.15, -0.1) is 0 Å². The van der Waals surface area contributed by atoms with Gasteiger partial charge >= 0.3 is 5.97 Å². The first kappa shape index (κ1) is 18.9. The summed E-state index contributed by atoms with van der Waals surface area (Å²) in [5.74, 6) is -1.84. The Balaban J connectivity index is 2.08. The molecule has 2 amide bonds. The average Bonchev–Trinajstić information content (AvgIpc) is 2.59. The van der Waals surface area contributed by atoms with Crippen molar-refractivity contribution in [3.8, 4) is 0 Å². The normalized spacial score (nSPS) is 18.7. The number of ether oxygens (including phenoxy) is 1. The maximum Gasteiger partial charge on any atom is 0.334 e. The molecule has 2 unspecified atom stereocenters. The molecular formula is C18H24N2O5. The fourth-order valence-corrected chi connectivity index (χ4v) is 2.64. The van der Waals surface area contributed by atoms with Gasteiger partial charge in [-0.2, -0.15) is 0 Å². The van der Waals surface area contributed by atoms with Crippen LogP contribution in [0.3, 0.4) is 0 Å². The molecule has 1 fully saturated rings. The van der Waals surface area contributed by atoms with Gasteiger partial charge in [0, 0.05) is 12.1 Å². The summed E-state index contributed by atoms with van der Waals surface area (Å²) < 4.78 is 5.14. The summed E-state index contributed by atoms with van der Waals surface area (Å²) in [6, 6.07) is 6.37. The van der Waals surface area contributed by atoms with Crippen LogP contribution in [0.1, 0.15) is 29.8 Å². The summed E-state index contributed by atoms with van der Waals surface area (Å²) in [4.78, 5) is 37.8. The number of morpholine rings is 1. The number of hydrogen-bond acceptors (Lipinski definition) is 4. The molecule has 0 saturated carbocycles. The first-order chi connectivity index (χ1) is 11.8. The highest BCUT2D eigenvalue weighted by Gasteiger charge is 2.34. The standard InChI is InChI=1S/C18H24N2O5/c1-11(2)15(19-16(21)13-6-4-12(3)5-7-13)17(22)20-8-9-25-14(10-20)18(23)24/h4-7,11,14-15H,8-10H2,1-3H3,(H,19,21)(H,23,24). The van der Waals surface area contributed by atoms with Gasteiger partial charge in [-0.1, -0.05) is 31.5 Å². The minimum absolute atomic E-state index is 0.0161. The fraction of sp³-hybridized carbons (Fsp3) is 0.500. The molecule has 0 aromatic heterocycles. The second-order valence-corrected chi connectivity index (χ2v) is 6.54. The Kier molecular flexibility index (Phi) is 6.14. The molecule has 0 aliphatic carbocycles. The maximum absolute atomic E-state index is 12.8. The number of amides is 2. The summed E-state index contributed by atoms with van der Waals surface area (Å²) in [6.45, 7) is 6.07. The number of carbonyl (C=O) groups excluding carboxylic acids is 2. The van der Waals surface area contributed by atoms with E-state index in [4.69, 9.17) is 9.84 Å². The fourth-order valence-electron chi connectivity index (χ4n) is 2.64. The quantitative estimate of drug-likeness (QED) is 0.829. The number of aryl methyl sites for hydroxylation is 1. The van der Waals surface area contributed by atoms with Crippen molar-refractivity contribution in [3.63, 3.8) is 0 Å². The second-order valence-electron chi connectivity index (χ2n) is 6.54. The summed E-state index contributed by atoms with van der Waals surface area (Å²) in [7, 11) is 0. The monoisotopic (exact) mass is 348 g/mol. The predicted octanol–water partition coefficient (Wildman–Crippen LogP) is 1.06. The smallest absolute Gasteiger partial charge is 0.334 e. The number of aliphatic carboxylic acids is 1. The molecule has 0 radical (unpaired) electrons. The molecular weight excluding hydrogens is 324 g/mol. The van der Waals surface area contributed by atoms with Gasteiger partial charge in [0.15, 0.2) is 6.10 Å². The molecule has 136 valence electrons. The van der Waals surface area contributed by atoms with E-state index in [1.165, 1.54) is 4.90 Å². The van der Waals surface area contributed by atoms with E-state index in [1.54, 1.807) is 12.1 Å². The maximum atomic E-state index is 12.8.